The van der Waals surface area contributed by atoms with Gasteiger partial charge in [-0.2, -0.15) is 30.7 Å². The molecule has 78 valence electrons. The zero-order valence-electron chi connectivity index (χ0n) is 5.68. The molecule has 0 N–H and O–H groups in total. The van der Waals surface area contributed by atoms with Crippen molar-refractivity contribution in [3.8, 4) is 0 Å². The van der Waals surface area contributed by atoms with Crippen LogP contribution in [-0.4, -0.2) is 18.0 Å². The Kier molecular flexibility index (Phi) is 2.95. The molecule has 0 amide bonds. The van der Waals surface area contributed by atoms with Crippen LogP contribution in [0.25, 0.3) is 0 Å². The summed E-state index contributed by atoms with van der Waals surface area (Å²) in [6.45, 7) is 0. The van der Waals surface area contributed by atoms with Gasteiger partial charge in [-0.05, 0) is 0 Å². The Labute approximate surface area is 66.8 Å². The molecule has 0 aromatic heterocycles. The van der Waals surface area contributed by atoms with Crippen molar-refractivity contribution in [1.29, 1.82) is 0 Å². The van der Waals surface area contributed by atoms with E-state index in [0.29, 0.717) is 0 Å². The van der Waals surface area contributed by atoms with Crippen LogP contribution in [0.3, 0.4) is 0 Å². The summed E-state index contributed by atoms with van der Waals surface area (Å²) in [6, 6.07) is 0. The van der Waals surface area contributed by atoms with Crippen LogP contribution in [-0.2, 0) is 0 Å². The lowest BCUT2D eigenvalue weighted by molar-refractivity contribution is -0.341. The van der Waals surface area contributed by atoms with E-state index in [4.69, 9.17) is 0 Å². The minimum atomic E-state index is -6.42. The lowest BCUT2D eigenvalue weighted by Gasteiger charge is -2.25. The van der Waals surface area contributed by atoms with Gasteiger partial charge in [0.05, 0.1) is 6.33 Å². The van der Waals surface area contributed by atoms with Crippen molar-refractivity contribution in [2.24, 2.45) is 0 Å². The van der Waals surface area contributed by atoms with Gasteiger partial charge >= 0.3 is 18.0 Å². The Morgan fingerprint density at radius 1 is 0.769 bits per heavy atom. The standard InChI is InChI=1S/C5H2F8/c6-2-1-3(7,8)4(9,10)5(11,12)13/h1-2H/b2-1+. The second-order valence-corrected chi connectivity index (χ2v) is 1.99. The maximum atomic E-state index is 11.9. The van der Waals surface area contributed by atoms with E-state index in [1.807, 2.05) is 0 Å². The molecule has 0 saturated carbocycles. The van der Waals surface area contributed by atoms with Crippen molar-refractivity contribution in [2.45, 2.75) is 18.0 Å². The van der Waals surface area contributed by atoms with Crippen LogP contribution < -0.4 is 0 Å². The topological polar surface area (TPSA) is 0 Å². The Balaban J connectivity index is 5.03. The average Bonchev–Trinajstić information content (AvgIpc) is 1.84. The zero-order chi connectivity index (χ0) is 10.9. The highest BCUT2D eigenvalue weighted by Gasteiger charge is 2.71. The molecule has 0 aromatic carbocycles. The van der Waals surface area contributed by atoms with Gasteiger partial charge in [-0.25, -0.2) is 4.39 Å². The highest BCUT2D eigenvalue weighted by Crippen LogP contribution is 2.46. The van der Waals surface area contributed by atoms with Gasteiger partial charge in [0.15, 0.2) is 0 Å². The zero-order valence-corrected chi connectivity index (χ0v) is 5.68. The monoisotopic (exact) mass is 214 g/mol. The second kappa shape index (κ2) is 3.15. The minimum absolute atomic E-state index is 1.07. The summed E-state index contributed by atoms with van der Waals surface area (Å²) in [5, 5.41) is 0. The summed E-state index contributed by atoms with van der Waals surface area (Å²) in [6.07, 6.45) is -8.64. The lowest BCUT2D eigenvalue weighted by atomic mass is 10.1. The molecule has 0 aromatic rings. The average molecular weight is 214 g/mol. The van der Waals surface area contributed by atoms with Gasteiger partial charge in [0.2, 0.25) is 0 Å². The van der Waals surface area contributed by atoms with Gasteiger partial charge in [0, 0.05) is 6.08 Å². The van der Waals surface area contributed by atoms with E-state index in [-0.39, 0.29) is 0 Å². The fraction of sp³-hybridized carbons (Fsp3) is 0.600. The Hall–Kier alpha value is -0.820. The van der Waals surface area contributed by atoms with Crippen LogP contribution in [0.4, 0.5) is 35.1 Å². The highest BCUT2D eigenvalue weighted by atomic mass is 19.4. The first kappa shape index (κ1) is 12.2. The van der Waals surface area contributed by atoms with Crippen LogP contribution in [0.15, 0.2) is 12.4 Å². The fourth-order valence-corrected chi connectivity index (χ4v) is 0.373. The number of halogens is 8. The van der Waals surface area contributed by atoms with Crippen LogP contribution >= 0.6 is 0 Å². The van der Waals surface area contributed by atoms with E-state index in [1.165, 1.54) is 0 Å². The van der Waals surface area contributed by atoms with Gasteiger partial charge in [-0.3, -0.25) is 0 Å². The first-order chi connectivity index (χ1) is 5.56. The molecule has 0 nitrogen and oxygen atoms in total. The molecular weight excluding hydrogens is 212 g/mol. The lowest BCUT2D eigenvalue weighted by Crippen LogP contribution is -2.50. The van der Waals surface area contributed by atoms with E-state index in [9.17, 15) is 35.1 Å². The van der Waals surface area contributed by atoms with Crippen molar-refractivity contribution < 1.29 is 35.1 Å². The van der Waals surface area contributed by atoms with E-state index in [2.05, 4.69) is 0 Å². The molecule has 0 aliphatic rings. The van der Waals surface area contributed by atoms with Gasteiger partial charge in [-0.1, -0.05) is 0 Å². The molecule has 0 aliphatic carbocycles. The predicted molar refractivity (Wildman–Crippen MR) is 26.2 cm³/mol. The quantitative estimate of drug-likeness (QED) is 0.618. The molecule has 0 fully saturated rings. The fourth-order valence-electron chi connectivity index (χ4n) is 0.373. The Morgan fingerprint density at radius 3 is 1.38 bits per heavy atom. The molecule has 0 radical (unpaired) electrons. The van der Waals surface area contributed by atoms with E-state index in [0.717, 1.165) is 0 Å². The molecule has 0 unspecified atom stereocenters. The van der Waals surface area contributed by atoms with Crippen LogP contribution in [0.5, 0.6) is 0 Å². The van der Waals surface area contributed by atoms with E-state index >= 15 is 0 Å². The summed E-state index contributed by atoms with van der Waals surface area (Å²) >= 11 is 0. The van der Waals surface area contributed by atoms with E-state index in [1.54, 1.807) is 0 Å². The smallest absolute Gasteiger partial charge is 0.216 e. The molecule has 0 bridgehead atoms. The molecule has 0 heterocycles. The number of hydrogen-bond donors (Lipinski definition) is 0. The summed E-state index contributed by atoms with van der Waals surface area (Å²) in [5.74, 6) is -11.9. The van der Waals surface area contributed by atoms with Gasteiger partial charge in [0.25, 0.3) is 0 Å². The third-order valence-electron chi connectivity index (χ3n) is 1.05. The summed E-state index contributed by atoms with van der Waals surface area (Å²) in [5.41, 5.74) is 0. The molecule has 13 heavy (non-hydrogen) atoms. The van der Waals surface area contributed by atoms with Crippen molar-refractivity contribution in [3.63, 3.8) is 0 Å². The molecule has 0 rings (SSSR count). The maximum Gasteiger partial charge on any atom is 0.460 e. The number of allylic oxidation sites excluding steroid dienone is 1. The van der Waals surface area contributed by atoms with Crippen LogP contribution in [0, 0.1) is 0 Å². The molecule has 0 atom stereocenters. The first-order valence-electron chi connectivity index (χ1n) is 2.66. The number of hydrogen-bond acceptors (Lipinski definition) is 0. The molecular formula is C5H2F8. The normalized spacial score (nSPS) is 15.4. The number of alkyl halides is 7. The Bertz CT molecular complexity index is 199. The van der Waals surface area contributed by atoms with Crippen molar-refractivity contribution >= 4 is 0 Å². The second-order valence-electron chi connectivity index (χ2n) is 1.99. The summed E-state index contributed by atoms with van der Waals surface area (Å²) in [4.78, 5) is 0. The summed E-state index contributed by atoms with van der Waals surface area (Å²) < 4.78 is 92.3. The molecule has 0 aliphatic heterocycles. The minimum Gasteiger partial charge on any atom is -0.216 e. The van der Waals surface area contributed by atoms with Crippen molar-refractivity contribution in [3.05, 3.63) is 12.4 Å². The first-order valence-corrected chi connectivity index (χ1v) is 2.66. The molecule has 0 saturated heterocycles. The Morgan fingerprint density at radius 2 is 1.15 bits per heavy atom. The van der Waals surface area contributed by atoms with Crippen LogP contribution in [0.1, 0.15) is 0 Å². The van der Waals surface area contributed by atoms with Gasteiger partial charge < -0.3 is 0 Å². The van der Waals surface area contributed by atoms with E-state index < -0.39 is 30.4 Å². The highest BCUT2D eigenvalue weighted by molar-refractivity contribution is 5.03. The van der Waals surface area contributed by atoms with Crippen LogP contribution in [0.2, 0.25) is 0 Å². The third kappa shape index (κ3) is 2.10. The van der Waals surface area contributed by atoms with Crippen molar-refractivity contribution in [1.82, 2.24) is 0 Å². The SMILES string of the molecule is F/C=C/C(F)(F)C(F)(F)C(F)(F)F. The van der Waals surface area contributed by atoms with Crippen molar-refractivity contribution in [2.75, 3.05) is 0 Å². The largest absolute Gasteiger partial charge is 0.460 e. The molecule has 8 heteroatoms. The molecule has 0 spiro atoms. The summed E-state index contributed by atoms with van der Waals surface area (Å²) in [7, 11) is 0. The third-order valence-corrected chi connectivity index (χ3v) is 1.05. The predicted octanol–water partition coefficient (Wildman–Crippen LogP) is 3.30. The maximum absolute atomic E-state index is 11.9. The van der Waals surface area contributed by atoms with Gasteiger partial charge in [0.1, 0.15) is 0 Å². The number of rotatable bonds is 2. The van der Waals surface area contributed by atoms with Gasteiger partial charge in [-0.15, -0.1) is 0 Å².